The molecule has 0 aliphatic heterocycles. The normalized spacial score (nSPS) is 11.8. The molecule has 5 nitrogen and oxygen atoms in total. The number of nitrogens with zero attached hydrogens (tertiary/aromatic N) is 5. The second-order valence-corrected chi connectivity index (χ2v) is 31.6. The Labute approximate surface area is 622 Å². The first kappa shape index (κ1) is 61.8. The third kappa shape index (κ3) is 10.6. The van der Waals surface area contributed by atoms with Crippen molar-refractivity contribution in [3.8, 4) is 90.1 Å². The summed E-state index contributed by atoms with van der Waals surface area (Å²) >= 11 is 0.243. The van der Waals surface area contributed by atoms with Crippen molar-refractivity contribution in [3.05, 3.63) is 358 Å². The number of benzene rings is 18. The Hall–Kier alpha value is -12.8. The summed E-state index contributed by atoms with van der Waals surface area (Å²) in [6.07, 6.45) is 0. The van der Waals surface area contributed by atoms with Crippen LogP contribution in [0, 0.1) is 0 Å². The van der Waals surface area contributed by atoms with Crippen LogP contribution in [0.3, 0.4) is 0 Å². The summed E-state index contributed by atoms with van der Waals surface area (Å²) in [6.45, 7) is 0. The summed E-state index contributed by atoms with van der Waals surface area (Å²) in [5.41, 5.74) is 16.2. The van der Waals surface area contributed by atoms with E-state index in [0.717, 1.165) is 61.2 Å². The van der Waals surface area contributed by atoms with Gasteiger partial charge in [0.2, 0.25) is 0 Å². The van der Waals surface area contributed by atoms with E-state index < -0.39 is 0 Å². The standard InChI is InChI=1S/C50H30N2Se.C49H29N3Se/c1-3-11-31(12-4-1)35-23-21-33-25-28-39-38(43(33)29-35)27-26-34-22-24-36(30-44(34)39)47-48(52-46-20-8-7-19-45(46)51-47)42-18-10-17-41-40-16-9-15-37(49(40)53-50(41)42)32-13-5-2-6-14-32;1-2-12-32(13-3-1)47-50-48(41-19-10-18-40-39-17-8-9-20-45(39)53-46(40)41)52-49(51-47)44-28-34-15-5-4-14-33(34)27-43(44)35-22-21-31-24-25-37-36-16-7-6-11-30(36)23-26-38(37)42(31)29-35/h1-30H;1-29H. The van der Waals surface area contributed by atoms with Gasteiger partial charge in [-0.2, -0.15) is 0 Å². The van der Waals surface area contributed by atoms with Gasteiger partial charge in [-0.1, -0.05) is 72.8 Å². The quantitative estimate of drug-likeness (QED) is 0.112. The third-order valence-electron chi connectivity index (χ3n) is 21.1. The summed E-state index contributed by atoms with van der Waals surface area (Å²) in [7, 11) is 0. The monoisotopic (exact) mass is 1480 g/mol. The summed E-state index contributed by atoms with van der Waals surface area (Å²) in [6, 6.07) is 129. The summed E-state index contributed by atoms with van der Waals surface area (Å²) in [5, 5.41) is 22.5. The van der Waals surface area contributed by atoms with Crippen LogP contribution in [0.15, 0.2) is 358 Å². The van der Waals surface area contributed by atoms with Crippen molar-refractivity contribution in [1.82, 2.24) is 24.9 Å². The summed E-state index contributed by atoms with van der Waals surface area (Å²) in [5.74, 6) is 2.04. The zero-order valence-electron chi connectivity index (χ0n) is 57.1. The Kier molecular flexibility index (Phi) is 14.9. The van der Waals surface area contributed by atoms with Gasteiger partial charge in [-0.15, -0.1) is 0 Å². The molecular formula is C99H59N5Se2. The molecule has 0 aliphatic carbocycles. The van der Waals surface area contributed by atoms with Crippen molar-refractivity contribution < 1.29 is 0 Å². The Morgan fingerprint density at radius 1 is 0.170 bits per heavy atom. The Bertz CT molecular complexity index is 7330. The van der Waals surface area contributed by atoms with E-state index in [-0.39, 0.29) is 29.0 Å². The zero-order chi connectivity index (χ0) is 69.8. The van der Waals surface area contributed by atoms with Gasteiger partial charge in [0, 0.05) is 0 Å². The van der Waals surface area contributed by atoms with Gasteiger partial charge in [-0.25, -0.2) is 0 Å². The molecular weight excluding hydrogens is 1420 g/mol. The van der Waals surface area contributed by atoms with Crippen molar-refractivity contribution in [2.75, 3.05) is 0 Å². The number of hydrogen-bond donors (Lipinski definition) is 0. The Balaban J connectivity index is 0.000000136. The van der Waals surface area contributed by atoms with Crippen LogP contribution in [0.25, 0.3) is 215 Å². The van der Waals surface area contributed by atoms with E-state index in [0.29, 0.717) is 17.5 Å². The van der Waals surface area contributed by atoms with Crippen molar-refractivity contribution in [1.29, 1.82) is 0 Å². The van der Waals surface area contributed by atoms with Crippen LogP contribution < -0.4 is 0 Å². The molecule has 0 saturated heterocycles. The molecule has 0 amide bonds. The molecule has 22 aromatic rings. The van der Waals surface area contributed by atoms with Crippen molar-refractivity contribution in [2.45, 2.75) is 0 Å². The molecule has 22 rings (SSSR count). The van der Waals surface area contributed by atoms with Crippen LogP contribution in [-0.2, 0) is 0 Å². The van der Waals surface area contributed by atoms with Crippen molar-refractivity contribution in [3.63, 3.8) is 0 Å². The maximum absolute atomic E-state index is 5.41. The van der Waals surface area contributed by atoms with Crippen LogP contribution >= 0.6 is 0 Å². The number of aromatic nitrogens is 5. The Morgan fingerprint density at radius 2 is 0.575 bits per heavy atom. The van der Waals surface area contributed by atoms with Gasteiger partial charge in [0.15, 0.2) is 0 Å². The van der Waals surface area contributed by atoms with Crippen LogP contribution in [0.2, 0.25) is 0 Å². The van der Waals surface area contributed by atoms with E-state index >= 15 is 0 Å². The molecule has 4 heterocycles. The molecule has 0 spiro atoms. The van der Waals surface area contributed by atoms with E-state index in [1.54, 1.807) is 0 Å². The van der Waals surface area contributed by atoms with E-state index in [4.69, 9.17) is 24.9 Å². The molecule has 0 radical (unpaired) electrons. The first-order valence-electron chi connectivity index (χ1n) is 35.8. The third-order valence-corrected chi connectivity index (χ3v) is 26.4. The predicted octanol–water partition coefficient (Wildman–Crippen LogP) is 25.6. The van der Waals surface area contributed by atoms with Crippen LogP contribution in [-0.4, -0.2) is 53.9 Å². The molecule has 0 unspecified atom stereocenters. The zero-order valence-corrected chi connectivity index (χ0v) is 60.5. The fraction of sp³-hybridized carbons (Fsp3) is 0. The number of fused-ring (bicyclic) bond motifs is 18. The van der Waals surface area contributed by atoms with Crippen LogP contribution in [0.5, 0.6) is 0 Å². The molecule has 0 aliphatic rings. The minimum absolute atomic E-state index is 0.0948. The van der Waals surface area contributed by atoms with Gasteiger partial charge < -0.3 is 0 Å². The average Bonchev–Trinajstić information content (AvgIpc) is 1.39. The number of para-hydroxylation sites is 2. The van der Waals surface area contributed by atoms with E-state index in [2.05, 4.69) is 334 Å². The van der Waals surface area contributed by atoms with E-state index in [1.165, 1.54) is 136 Å². The summed E-state index contributed by atoms with van der Waals surface area (Å²) in [4.78, 5) is 26.6. The predicted molar refractivity (Wildman–Crippen MR) is 449 cm³/mol. The second-order valence-electron chi connectivity index (χ2n) is 27.3. The maximum atomic E-state index is 5.41. The topological polar surface area (TPSA) is 64.5 Å². The summed E-state index contributed by atoms with van der Waals surface area (Å²) < 4.78 is 5.53. The van der Waals surface area contributed by atoms with Gasteiger partial charge in [0.1, 0.15) is 0 Å². The van der Waals surface area contributed by atoms with Gasteiger partial charge in [-0.3, -0.25) is 0 Å². The molecule has 0 N–H and O–H groups in total. The van der Waals surface area contributed by atoms with Crippen LogP contribution in [0.4, 0.5) is 0 Å². The van der Waals surface area contributed by atoms with Gasteiger partial charge >= 0.3 is 538 Å². The second kappa shape index (κ2) is 25.5. The molecule has 18 aromatic carbocycles. The van der Waals surface area contributed by atoms with Crippen molar-refractivity contribution in [2.24, 2.45) is 0 Å². The van der Waals surface area contributed by atoms with Gasteiger partial charge in [0.25, 0.3) is 0 Å². The molecule has 0 fully saturated rings. The molecule has 0 saturated carbocycles. The minimum atomic E-state index is 0.0948. The first-order valence-corrected chi connectivity index (χ1v) is 39.3. The number of rotatable bonds is 8. The average molecular weight is 1480 g/mol. The fourth-order valence-corrected chi connectivity index (χ4v) is 21.3. The van der Waals surface area contributed by atoms with Gasteiger partial charge in [0.05, 0.1) is 0 Å². The van der Waals surface area contributed by atoms with Crippen molar-refractivity contribution >= 4 is 154 Å². The number of hydrogen-bond acceptors (Lipinski definition) is 5. The SMILES string of the molecule is c1ccc(-c2ccc3ccc4c5cc(-c6nc7ccccc7nc6-c6cccc7c6[se]c6c(-c8ccccc8)cccc67)ccc5ccc4c3c2)cc1.c1ccc(-c2nc(-c3cc4ccccc4cc3-c3ccc4ccc5c6ccccc6ccc5c4c3)nc(-c3cccc4c3[se]c3ccccc34)n2)cc1. The Morgan fingerprint density at radius 3 is 1.22 bits per heavy atom. The van der Waals surface area contributed by atoms with Gasteiger partial charge in [-0.05, 0) is 16.3 Å². The van der Waals surface area contributed by atoms with E-state index in [1.807, 2.05) is 24.3 Å². The molecule has 106 heavy (non-hydrogen) atoms. The fourth-order valence-electron chi connectivity index (χ4n) is 16.0. The molecule has 492 valence electrons. The van der Waals surface area contributed by atoms with Crippen LogP contribution in [0.1, 0.15) is 0 Å². The molecule has 4 aromatic heterocycles. The molecule has 0 atom stereocenters. The first-order chi connectivity index (χ1) is 52.5. The van der Waals surface area contributed by atoms with E-state index in [9.17, 15) is 0 Å². The molecule has 7 heteroatoms. The molecule has 0 bridgehead atoms.